The van der Waals surface area contributed by atoms with E-state index in [1.165, 1.54) is 33.5 Å². The van der Waals surface area contributed by atoms with Crippen LogP contribution in [-0.4, -0.2) is 25.4 Å². The van der Waals surface area contributed by atoms with Gasteiger partial charge in [-0.1, -0.05) is 97.1 Å². The third-order valence-electron chi connectivity index (χ3n) is 5.44. The van der Waals surface area contributed by atoms with Gasteiger partial charge < -0.3 is 5.32 Å². The minimum atomic E-state index is -0.761. The van der Waals surface area contributed by atoms with Gasteiger partial charge in [-0.05, 0) is 55.5 Å². The minimum Gasteiger partial charge on any atom is -0.313 e. The minimum absolute atomic E-state index is 0.325. The Morgan fingerprint density at radius 1 is 0.576 bits per heavy atom. The number of nitrogens with one attached hydrogen (secondary N) is 1. The third kappa shape index (κ3) is 8.40. The molecular weight excluding hydrogens is 549 g/mol. The molecule has 1 N–H and O–H groups in total. The summed E-state index contributed by atoms with van der Waals surface area (Å²) in [5, 5.41) is 9.68. The van der Waals surface area contributed by atoms with E-state index in [9.17, 15) is 0 Å². The summed E-state index contributed by atoms with van der Waals surface area (Å²) < 4.78 is 0. The molecule has 0 saturated carbocycles. The summed E-state index contributed by atoms with van der Waals surface area (Å²) in [6.45, 7) is 2.11. The van der Waals surface area contributed by atoms with Crippen molar-refractivity contribution in [3.63, 3.8) is 0 Å². The fraction of sp³-hybridized carbons (Fsp3) is 0.143. The second-order valence-corrected chi connectivity index (χ2v) is 12.5. The molecule has 4 aromatic rings. The van der Waals surface area contributed by atoms with E-state index >= 15 is 0 Å². The second kappa shape index (κ2) is 15.5. The van der Waals surface area contributed by atoms with E-state index in [2.05, 4.69) is 136 Å². The van der Waals surface area contributed by atoms with Gasteiger partial charge in [-0.2, -0.15) is 0 Å². The fourth-order valence-corrected chi connectivity index (χ4v) is 8.67. The Balaban J connectivity index is 0.00000149. The molecule has 0 saturated heterocycles. The molecule has 0 spiro atoms. The molecule has 0 unspecified atom stereocenters. The van der Waals surface area contributed by atoms with Crippen LogP contribution in [0, 0.1) is 0 Å². The molecule has 0 amide bonds. The van der Waals surface area contributed by atoms with Crippen molar-refractivity contribution in [1.29, 1.82) is 0 Å². The van der Waals surface area contributed by atoms with E-state index in [4.69, 9.17) is 0 Å². The summed E-state index contributed by atoms with van der Waals surface area (Å²) in [6, 6.07) is 44.1. The molecule has 0 atom stereocenters. The van der Waals surface area contributed by atoms with E-state index < -0.39 is 7.92 Å². The summed E-state index contributed by atoms with van der Waals surface area (Å²) in [5.74, 6) is 0. The summed E-state index contributed by atoms with van der Waals surface area (Å²) in [7, 11) is 3.52. The maximum atomic E-state index is 4.61. The molecular formula is C28H31ClNP2Ru+. The Morgan fingerprint density at radius 2 is 0.970 bits per heavy atom. The summed E-state index contributed by atoms with van der Waals surface area (Å²) in [5.41, 5.74) is 0. The van der Waals surface area contributed by atoms with Gasteiger partial charge >= 0.3 is 27.0 Å². The third-order valence-corrected chi connectivity index (χ3v) is 10.8. The Morgan fingerprint density at radius 3 is 1.39 bits per heavy atom. The van der Waals surface area contributed by atoms with Gasteiger partial charge in [0.15, 0.2) is 0 Å². The molecule has 1 nitrogen and oxygen atoms in total. The maximum absolute atomic E-state index is 4.61. The Bertz CT molecular complexity index is 857. The van der Waals surface area contributed by atoms with Crippen LogP contribution >= 0.6 is 25.5 Å². The molecule has 4 rings (SSSR count). The van der Waals surface area contributed by atoms with Gasteiger partial charge in [-0.15, -0.1) is 0 Å². The van der Waals surface area contributed by atoms with Crippen LogP contribution in [0.15, 0.2) is 121 Å². The SMILES string of the molecule is [Cl][RuH].c1ccc(P(CCNCC[PH+](c2ccccc2)c2ccccc2)c2ccccc2)cc1. The van der Waals surface area contributed by atoms with Gasteiger partial charge in [0.2, 0.25) is 0 Å². The molecule has 0 aromatic heterocycles. The zero-order chi connectivity index (χ0) is 23.1. The first-order valence-electron chi connectivity index (χ1n) is 11.1. The van der Waals surface area contributed by atoms with Crippen LogP contribution in [0.3, 0.4) is 0 Å². The average molecular weight is 580 g/mol. The summed E-state index contributed by atoms with van der Waals surface area (Å²) in [4.78, 5) is 0. The largest absolute Gasteiger partial charge is 0.313 e. The molecule has 0 heterocycles. The molecule has 0 bridgehead atoms. The number of benzene rings is 4. The maximum Gasteiger partial charge on any atom is 0.0967 e. The van der Waals surface area contributed by atoms with Crippen LogP contribution in [0.25, 0.3) is 0 Å². The topological polar surface area (TPSA) is 12.0 Å². The summed E-state index contributed by atoms with van der Waals surface area (Å²) >= 11 is 1.62. The zero-order valence-electron chi connectivity index (χ0n) is 18.6. The van der Waals surface area contributed by atoms with Gasteiger partial charge in [0, 0.05) is 6.54 Å². The molecule has 5 heteroatoms. The number of hydrogen-bond acceptors (Lipinski definition) is 1. The van der Waals surface area contributed by atoms with E-state index in [0.717, 1.165) is 13.1 Å². The number of halogens is 1. The van der Waals surface area contributed by atoms with Crippen LogP contribution in [-0.2, 0) is 17.3 Å². The first kappa shape index (κ1) is 26.2. The smallest absolute Gasteiger partial charge is 0.0967 e. The Kier molecular flexibility index (Phi) is 12.3. The van der Waals surface area contributed by atoms with Crippen molar-refractivity contribution in [1.82, 2.24) is 5.32 Å². The van der Waals surface area contributed by atoms with Crippen molar-refractivity contribution in [3.8, 4) is 0 Å². The van der Waals surface area contributed by atoms with Gasteiger partial charge in [0.1, 0.15) is 0 Å². The van der Waals surface area contributed by atoms with Crippen molar-refractivity contribution < 1.29 is 17.3 Å². The monoisotopic (exact) mass is 580 g/mol. The average Bonchev–Trinajstić information content (AvgIpc) is 2.91. The zero-order valence-corrected chi connectivity index (χ0v) is 23.1. The second-order valence-electron chi connectivity index (χ2n) is 7.53. The molecule has 0 aliphatic carbocycles. The van der Waals surface area contributed by atoms with Crippen LogP contribution in [0.1, 0.15) is 0 Å². The quantitative estimate of drug-likeness (QED) is 0.159. The van der Waals surface area contributed by atoms with Crippen molar-refractivity contribution in [2.75, 3.05) is 25.4 Å². The molecule has 33 heavy (non-hydrogen) atoms. The van der Waals surface area contributed by atoms with Crippen LogP contribution in [0.4, 0.5) is 0 Å². The van der Waals surface area contributed by atoms with Crippen molar-refractivity contribution in [3.05, 3.63) is 121 Å². The molecule has 0 aliphatic heterocycles. The van der Waals surface area contributed by atoms with E-state index in [-0.39, 0.29) is 7.92 Å². The predicted octanol–water partition coefficient (Wildman–Crippen LogP) is 4.99. The van der Waals surface area contributed by atoms with E-state index in [0.29, 0.717) is 0 Å². The van der Waals surface area contributed by atoms with Gasteiger partial charge in [0.05, 0.1) is 24.7 Å². The van der Waals surface area contributed by atoms with Gasteiger partial charge in [0.25, 0.3) is 0 Å². The molecule has 4 aromatic carbocycles. The molecule has 0 radical (unpaired) electrons. The first-order valence-corrected chi connectivity index (χ1v) is 16.7. The van der Waals surface area contributed by atoms with Crippen molar-refractivity contribution >= 4 is 46.8 Å². The van der Waals surface area contributed by atoms with Crippen molar-refractivity contribution in [2.45, 2.75) is 0 Å². The number of hydrogen-bond donors (Lipinski definition) is 1. The molecule has 0 fully saturated rings. The van der Waals surface area contributed by atoms with Crippen LogP contribution in [0.5, 0.6) is 0 Å². The molecule has 172 valence electrons. The fourth-order valence-electron chi connectivity index (χ4n) is 3.89. The normalized spacial score (nSPS) is 10.7. The van der Waals surface area contributed by atoms with Crippen LogP contribution in [0.2, 0.25) is 0 Å². The Labute approximate surface area is 215 Å². The van der Waals surface area contributed by atoms with Gasteiger partial charge in [-0.25, -0.2) is 0 Å². The standard InChI is InChI=1S/C28H29NP2.ClH.Ru.H/c1-5-13-25(14-6-1)30(26-15-7-2-8-16-26)23-21-29-22-24-31(27-17-9-3-10-18-27)28-19-11-4-12-20-28;;;/h1-20,29H,21-24H2;1H;;/q;;+1;. The predicted molar refractivity (Wildman–Crippen MR) is 149 cm³/mol. The van der Waals surface area contributed by atoms with Crippen molar-refractivity contribution in [2.24, 2.45) is 0 Å². The number of rotatable bonds is 10. The summed E-state index contributed by atoms with van der Waals surface area (Å²) in [6.07, 6.45) is 2.37. The van der Waals surface area contributed by atoms with Gasteiger partial charge in [-0.3, -0.25) is 0 Å². The van der Waals surface area contributed by atoms with E-state index in [1.807, 2.05) is 0 Å². The first-order chi connectivity index (χ1) is 16.4. The Hall–Kier alpha value is -1.39. The van der Waals surface area contributed by atoms with E-state index in [1.54, 1.807) is 17.3 Å². The molecule has 0 aliphatic rings. The van der Waals surface area contributed by atoms with Crippen LogP contribution < -0.4 is 26.5 Å².